The molecule has 0 aliphatic rings. The fourth-order valence-corrected chi connectivity index (χ4v) is 2.53. The Morgan fingerprint density at radius 3 is 2.71 bits per heavy atom. The number of nitrogens with one attached hydrogen (secondary N) is 1. The predicted octanol–water partition coefficient (Wildman–Crippen LogP) is 4.35. The fraction of sp³-hybridized carbons (Fsp3) is 0.273. The van der Waals surface area contributed by atoms with Crippen LogP contribution in [0.4, 0.5) is 10.8 Å². The highest BCUT2D eigenvalue weighted by molar-refractivity contribution is 7.13. The number of hydrogen-bond acceptors (Lipinski definition) is 5. The highest BCUT2D eigenvalue weighted by Crippen LogP contribution is 2.20. The SMILES string of the molecule is [2H]c1sc(N)nc1C([2H])([2H])C(=O)Nc1c([2H])c([2H])c(C([2H])([2H])CCC([2H])([2H])[C@]([2H])(O)c2ccccc2)c([2H])c1[2H]. The molecule has 5 nitrogen and oxygen atoms in total. The average Bonchev–Trinajstić information content (AvgIpc) is 3.23. The van der Waals surface area contributed by atoms with Crippen molar-refractivity contribution >= 4 is 28.1 Å². The Bertz CT molecular complexity index is 1400. The number of nitrogens with zero attached hydrogens (tertiary/aromatic N) is 1. The number of amides is 1. The Labute approximate surface area is 186 Å². The summed E-state index contributed by atoms with van der Waals surface area (Å²) in [6.07, 6.45) is -12.5. The molecule has 0 unspecified atom stereocenters. The van der Waals surface area contributed by atoms with E-state index in [1.165, 1.54) is 24.3 Å². The van der Waals surface area contributed by atoms with Gasteiger partial charge in [-0.05, 0) is 42.4 Å². The first-order chi connectivity index (χ1) is 18.3. The first-order valence-corrected chi connectivity index (χ1v) is 9.01. The second kappa shape index (κ2) is 10.0. The second-order valence-electron chi connectivity index (χ2n) is 5.40. The van der Waals surface area contributed by atoms with Crippen molar-refractivity contribution in [2.75, 3.05) is 11.1 Å². The van der Waals surface area contributed by atoms with Gasteiger partial charge in [-0.15, -0.1) is 11.3 Å². The van der Waals surface area contributed by atoms with Crippen LogP contribution in [0.25, 0.3) is 0 Å². The molecule has 1 heterocycles. The van der Waals surface area contributed by atoms with Crippen LogP contribution in [0.5, 0.6) is 0 Å². The van der Waals surface area contributed by atoms with Crippen LogP contribution in [0, 0.1) is 0 Å². The Morgan fingerprint density at radius 1 is 1.29 bits per heavy atom. The predicted molar refractivity (Wildman–Crippen MR) is 114 cm³/mol. The maximum Gasteiger partial charge on any atom is 0.230 e. The van der Waals surface area contributed by atoms with Crippen molar-refractivity contribution in [1.29, 1.82) is 0 Å². The lowest BCUT2D eigenvalue weighted by Crippen LogP contribution is -2.14. The minimum Gasteiger partial charge on any atom is -0.388 e. The zero-order chi connectivity index (χ0) is 30.4. The zero-order valence-corrected chi connectivity index (χ0v) is 15.4. The van der Waals surface area contributed by atoms with E-state index in [9.17, 15) is 9.90 Å². The Hall–Kier alpha value is -2.70. The summed E-state index contributed by atoms with van der Waals surface area (Å²) in [7, 11) is 0. The number of anilines is 2. The monoisotopic (exact) mass is 407 g/mol. The number of thiazole rings is 1. The third-order valence-corrected chi connectivity index (χ3v) is 3.93. The molecule has 0 aliphatic carbocycles. The quantitative estimate of drug-likeness (QED) is 0.492. The molecule has 3 aromatic rings. The van der Waals surface area contributed by atoms with Gasteiger partial charge < -0.3 is 16.2 Å². The molecule has 0 bridgehead atoms. The molecule has 6 heteroatoms. The van der Waals surface area contributed by atoms with Crippen molar-refractivity contribution in [2.24, 2.45) is 0 Å². The molecule has 0 fully saturated rings. The Balaban J connectivity index is 1.92. The number of benzene rings is 2. The highest BCUT2D eigenvalue weighted by atomic mass is 32.1. The van der Waals surface area contributed by atoms with Crippen LogP contribution in [-0.4, -0.2) is 16.0 Å². The molecule has 0 aliphatic heterocycles. The minimum atomic E-state index is -2.93. The largest absolute Gasteiger partial charge is 0.388 e. The number of aromatic nitrogens is 1. The lowest BCUT2D eigenvalue weighted by atomic mass is 10.0. The van der Waals surface area contributed by atoms with E-state index >= 15 is 0 Å². The molecule has 0 saturated carbocycles. The first kappa shape index (κ1) is 9.67. The van der Waals surface area contributed by atoms with E-state index in [-0.39, 0.29) is 10.7 Å². The second-order valence-corrected chi connectivity index (χ2v) is 6.23. The van der Waals surface area contributed by atoms with E-state index in [1.54, 1.807) is 6.07 Å². The van der Waals surface area contributed by atoms with Crippen molar-refractivity contribution in [3.63, 3.8) is 0 Å². The van der Waals surface area contributed by atoms with Crippen LogP contribution in [0.1, 0.15) is 58.6 Å². The van der Waals surface area contributed by atoms with E-state index in [2.05, 4.69) is 4.98 Å². The fourth-order valence-electron chi connectivity index (χ4n) is 2.09. The molecule has 3 rings (SSSR count). The molecule has 1 atom stereocenters. The lowest BCUT2D eigenvalue weighted by Gasteiger charge is -2.10. The molecular formula is C22H25N3O2S. The first-order valence-electron chi connectivity index (χ1n) is 14.2. The van der Waals surface area contributed by atoms with Gasteiger partial charge in [-0.3, -0.25) is 4.79 Å². The summed E-state index contributed by atoms with van der Waals surface area (Å²) in [6, 6.07) is 3.71. The summed E-state index contributed by atoms with van der Waals surface area (Å²) >= 11 is 0.625. The van der Waals surface area contributed by atoms with Crippen LogP contribution < -0.4 is 11.1 Å². The average molecular weight is 408 g/mol. The van der Waals surface area contributed by atoms with Gasteiger partial charge in [0.1, 0.15) is 0 Å². The summed E-state index contributed by atoms with van der Waals surface area (Å²) in [5.74, 6) is -1.45. The van der Waals surface area contributed by atoms with Gasteiger partial charge in [-0.1, -0.05) is 48.8 Å². The number of nitrogens with two attached hydrogens (primary N) is 1. The number of carbonyl (C=O) groups excluding carboxylic acids is 1. The van der Waals surface area contributed by atoms with E-state index in [0.29, 0.717) is 11.3 Å². The van der Waals surface area contributed by atoms with Crippen molar-refractivity contribution in [3.8, 4) is 0 Å². The number of aliphatic hydroxyl groups is 1. The molecule has 0 saturated heterocycles. The van der Waals surface area contributed by atoms with Crippen LogP contribution in [-0.2, 0) is 17.5 Å². The summed E-state index contributed by atoms with van der Waals surface area (Å²) < 4.78 is 98.6. The van der Waals surface area contributed by atoms with E-state index in [1.807, 2.05) is 5.32 Å². The van der Waals surface area contributed by atoms with E-state index in [4.69, 9.17) is 22.2 Å². The van der Waals surface area contributed by atoms with Gasteiger partial charge in [0.05, 0.1) is 26.4 Å². The molecule has 28 heavy (non-hydrogen) atoms. The summed E-state index contributed by atoms with van der Waals surface area (Å²) in [5, 5.41) is 12.0. The molecular weight excluding hydrogens is 370 g/mol. The standard InChI is InChI=1S/C22H25N3O2S/c23-22-25-19(15-28-22)14-21(27)24-18-12-10-16(11-13-18)6-4-5-9-20(26)17-7-2-1-3-8-17/h1-3,7-8,10-13,15,20,26H,4-6,9,14H2,(H2,23,25)(H,24,27)/t20-/m0/s1/i6D2,9D2,10D,11D,12D,13D,14D2,15D,20D. The normalized spacial score (nSPS) is 20.8. The molecule has 1 aromatic heterocycles. The maximum atomic E-state index is 12.7. The van der Waals surface area contributed by atoms with Gasteiger partial charge in [0.25, 0.3) is 0 Å². The molecule has 4 N–H and O–H groups in total. The minimum absolute atomic E-state index is 0.0670. The van der Waals surface area contributed by atoms with Gasteiger partial charge in [0, 0.05) is 19.3 Å². The third-order valence-electron chi connectivity index (χ3n) is 3.34. The maximum absolute atomic E-state index is 12.7. The van der Waals surface area contributed by atoms with Gasteiger partial charge in [-0.2, -0.15) is 0 Å². The van der Waals surface area contributed by atoms with Crippen LogP contribution in [0.3, 0.4) is 0 Å². The Morgan fingerprint density at radius 2 is 2.04 bits per heavy atom. The number of nitrogen functional groups attached to an aromatic ring is 1. The van der Waals surface area contributed by atoms with Gasteiger partial charge in [0.15, 0.2) is 5.13 Å². The van der Waals surface area contributed by atoms with Gasteiger partial charge >= 0.3 is 0 Å². The van der Waals surface area contributed by atoms with Crippen molar-refractivity contribution in [3.05, 3.63) is 76.7 Å². The van der Waals surface area contributed by atoms with Gasteiger partial charge in [-0.25, -0.2) is 4.98 Å². The van der Waals surface area contributed by atoms with Crippen molar-refractivity contribution in [2.45, 2.75) is 38.0 Å². The van der Waals surface area contributed by atoms with Crippen LogP contribution in [0.2, 0.25) is 0 Å². The molecule has 146 valence electrons. The van der Waals surface area contributed by atoms with Crippen molar-refractivity contribution in [1.82, 2.24) is 4.98 Å². The van der Waals surface area contributed by atoms with Gasteiger partial charge in [0.2, 0.25) is 5.91 Å². The summed E-state index contributed by atoms with van der Waals surface area (Å²) in [4.78, 5) is 16.4. The molecule has 0 radical (unpaired) electrons. The topological polar surface area (TPSA) is 88.2 Å². The summed E-state index contributed by atoms with van der Waals surface area (Å²) in [5.41, 5.74) is 3.33. The van der Waals surface area contributed by atoms with Crippen LogP contribution >= 0.6 is 11.3 Å². The lowest BCUT2D eigenvalue weighted by molar-refractivity contribution is -0.115. The molecule has 1 amide bonds. The van der Waals surface area contributed by atoms with E-state index < -0.39 is 90.4 Å². The smallest absolute Gasteiger partial charge is 0.230 e. The third kappa shape index (κ3) is 6.18. The highest BCUT2D eigenvalue weighted by Gasteiger charge is 2.08. The molecule has 2 aromatic carbocycles. The van der Waals surface area contributed by atoms with Crippen molar-refractivity contribution < 1.29 is 26.4 Å². The van der Waals surface area contributed by atoms with Crippen LogP contribution in [0.15, 0.2) is 59.9 Å². The summed E-state index contributed by atoms with van der Waals surface area (Å²) in [6.45, 7) is 0. The number of hydrogen-bond donors (Lipinski definition) is 3. The van der Waals surface area contributed by atoms with E-state index in [0.717, 1.165) is 0 Å². The number of carbonyl (C=O) groups is 1. The zero-order valence-electron chi connectivity index (χ0n) is 26.6. The number of rotatable bonds is 9. The molecule has 0 spiro atoms. The Kier molecular flexibility index (Phi) is 3.46.